The van der Waals surface area contributed by atoms with Crippen LogP contribution in [-0.4, -0.2) is 8.88 Å². The van der Waals surface area contributed by atoms with Crippen molar-refractivity contribution in [1.82, 2.24) is 3.96 Å². The SMILES string of the molecule is C=CCn1sc2ccc([N+](=O)[O-])cc2c1=O. The van der Waals surface area contributed by atoms with Crippen LogP contribution in [0.1, 0.15) is 0 Å². The van der Waals surface area contributed by atoms with Crippen LogP contribution in [0, 0.1) is 10.1 Å². The zero-order valence-corrected chi connectivity index (χ0v) is 9.07. The second-order valence-corrected chi connectivity index (χ2v) is 4.25. The van der Waals surface area contributed by atoms with E-state index in [0.29, 0.717) is 11.9 Å². The van der Waals surface area contributed by atoms with Crippen LogP contribution in [-0.2, 0) is 6.54 Å². The van der Waals surface area contributed by atoms with E-state index in [-0.39, 0.29) is 11.2 Å². The van der Waals surface area contributed by atoms with Crippen molar-refractivity contribution in [3.05, 3.63) is 51.3 Å². The molecular formula is C10H8N2O3S. The van der Waals surface area contributed by atoms with Crippen molar-refractivity contribution in [2.45, 2.75) is 6.54 Å². The predicted molar refractivity (Wildman–Crippen MR) is 62.9 cm³/mol. The van der Waals surface area contributed by atoms with Crippen molar-refractivity contribution in [1.29, 1.82) is 0 Å². The van der Waals surface area contributed by atoms with Gasteiger partial charge in [0.15, 0.2) is 0 Å². The zero-order valence-electron chi connectivity index (χ0n) is 8.25. The van der Waals surface area contributed by atoms with Crippen molar-refractivity contribution in [3.8, 4) is 0 Å². The Morgan fingerprint density at radius 2 is 2.31 bits per heavy atom. The number of allylic oxidation sites excluding steroid dienone is 1. The maximum atomic E-state index is 11.8. The number of benzene rings is 1. The fourth-order valence-electron chi connectivity index (χ4n) is 1.41. The van der Waals surface area contributed by atoms with Gasteiger partial charge in [0.05, 0.1) is 21.6 Å². The van der Waals surface area contributed by atoms with Crippen molar-refractivity contribution in [2.75, 3.05) is 0 Å². The third kappa shape index (κ3) is 1.63. The van der Waals surface area contributed by atoms with Crippen LogP contribution < -0.4 is 5.56 Å². The number of fused-ring (bicyclic) bond motifs is 1. The Bertz CT molecular complexity index is 627. The van der Waals surface area contributed by atoms with Crippen LogP contribution in [0.2, 0.25) is 0 Å². The molecule has 0 aliphatic carbocycles. The number of hydrogen-bond acceptors (Lipinski definition) is 4. The fourth-order valence-corrected chi connectivity index (χ4v) is 2.38. The fraction of sp³-hybridized carbons (Fsp3) is 0.100. The number of aromatic nitrogens is 1. The summed E-state index contributed by atoms with van der Waals surface area (Å²) in [5.74, 6) is 0. The molecule has 0 spiro atoms. The maximum Gasteiger partial charge on any atom is 0.270 e. The molecule has 2 aromatic rings. The lowest BCUT2D eigenvalue weighted by molar-refractivity contribution is -0.384. The smallest absolute Gasteiger partial charge is 0.268 e. The molecule has 0 radical (unpaired) electrons. The normalized spacial score (nSPS) is 10.5. The lowest BCUT2D eigenvalue weighted by atomic mass is 10.2. The van der Waals surface area contributed by atoms with Gasteiger partial charge in [0, 0.05) is 12.1 Å². The van der Waals surface area contributed by atoms with E-state index in [4.69, 9.17) is 0 Å². The molecule has 0 unspecified atom stereocenters. The molecule has 0 aliphatic heterocycles. The molecule has 1 aromatic heterocycles. The molecule has 0 fully saturated rings. The Hall–Kier alpha value is -1.95. The molecule has 1 heterocycles. The molecule has 5 nitrogen and oxygen atoms in total. The summed E-state index contributed by atoms with van der Waals surface area (Å²) >= 11 is 1.28. The lowest BCUT2D eigenvalue weighted by Crippen LogP contribution is -2.11. The average molecular weight is 236 g/mol. The first-order chi connectivity index (χ1) is 7.63. The monoisotopic (exact) mass is 236 g/mol. The van der Waals surface area contributed by atoms with E-state index in [0.717, 1.165) is 4.70 Å². The van der Waals surface area contributed by atoms with Gasteiger partial charge in [-0.1, -0.05) is 17.6 Å². The van der Waals surface area contributed by atoms with Crippen LogP contribution in [0.3, 0.4) is 0 Å². The lowest BCUT2D eigenvalue weighted by Gasteiger charge is -1.89. The molecule has 0 N–H and O–H groups in total. The molecule has 0 atom stereocenters. The van der Waals surface area contributed by atoms with Gasteiger partial charge in [-0.3, -0.25) is 18.9 Å². The van der Waals surface area contributed by atoms with Crippen LogP contribution >= 0.6 is 11.5 Å². The molecule has 2 rings (SSSR count). The Morgan fingerprint density at radius 1 is 1.56 bits per heavy atom. The first-order valence-electron chi connectivity index (χ1n) is 4.52. The summed E-state index contributed by atoms with van der Waals surface area (Å²) in [5.41, 5.74) is -0.267. The minimum absolute atomic E-state index is 0.0619. The molecule has 0 saturated heterocycles. The topological polar surface area (TPSA) is 65.1 Å². The van der Waals surface area contributed by atoms with Crippen LogP contribution in [0.4, 0.5) is 5.69 Å². The van der Waals surface area contributed by atoms with E-state index in [1.54, 1.807) is 12.1 Å². The average Bonchev–Trinajstić information content (AvgIpc) is 2.56. The zero-order chi connectivity index (χ0) is 11.7. The second kappa shape index (κ2) is 3.90. The molecular weight excluding hydrogens is 228 g/mol. The summed E-state index contributed by atoms with van der Waals surface area (Å²) in [6.07, 6.45) is 1.62. The van der Waals surface area contributed by atoms with Gasteiger partial charge in [-0.2, -0.15) is 0 Å². The Labute approximate surface area is 94.5 Å². The largest absolute Gasteiger partial charge is 0.270 e. The van der Waals surface area contributed by atoms with Crippen molar-refractivity contribution in [2.24, 2.45) is 0 Å². The highest BCUT2D eigenvalue weighted by atomic mass is 32.1. The van der Waals surface area contributed by atoms with E-state index >= 15 is 0 Å². The summed E-state index contributed by atoms with van der Waals surface area (Å²) in [6.45, 7) is 3.97. The van der Waals surface area contributed by atoms with Gasteiger partial charge in [-0.25, -0.2) is 0 Å². The minimum atomic E-state index is -0.506. The highest BCUT2D eigenvalue weighted by Crippen LogP contribution is 2.21. The summed E-state index contributed by atoms with van der Waals surface area (Å²) in [7, 11) is 0. The van der Waals surface area contributed by atoms with E-state index in [1.165, 1.54) is 27.6 Å². The van der Waals surface area contributed by atoms with Gasteiger partial charge in [0.25, 0.3) is 11.2 Å². The molecule has 0 aliphatic rings. The quantitative estimate of drug-likeness (QED) is 0.466. The van der Waals surface area contributed by atoms with Gasteiger partial charge in [-0.05, 0) is 6.07 Å². The molecule has 0 saturated carbocycles. The van der Waals surface area contributed by atoms with Crippen LogP contribution in [0.5, 0.6) is 0 Å². The molecule has 16 heavy (non-hydrogen) atoms. The standard InChI is InChI=1S/C10H8N2O3S/c1-2-5-11-10(13)8-6-7(12(14)15)3-4-9(8)16-11/h2-4,6H,1,5H2. The Balaban J connectivity index is 2.68. The highest BCUT2D eigenvalue weighted by molar-refractivity contribution is 7.13. The van der Waals surface area contributed by atoms with Gasteiger partial charge >= 0.3 is 0 Å². The van der Waals surface area contributed by atoms with Crippen molar-refractivity contribution < 1.29 is 4.92 Å². The van der Waals surface area contributed by atoms with Crippen LogP contribution in [0.25, 0.3) is 10.1 Å². The second-order valence-electron chi connectivity index (χ2n) is 3.18. The number of nitrogens with zero attached hydrogens (tertiary/aromatic N) is 2. The highest BCUT2D eigenvalue weighted by Gasteiger charge is 2.11. The van der Waals surface area contributed by atoms with Gasteiger partial charge in [0.2, 0.25) is 0 Å². The third-order valence-electron chi connectivity index (χ3n) is 2.13. The number of nitro benzene ring substituents is 1. The summed E-state index contributed by atoms with van der Waals surface area (Å²) in [5, 5.41) is 11.0. The summed E-state index contributed by atoms with van der Waals surface area (Å²) in [6, 6.07) is 4.31. The van der Waals surface area contributed by atoms with E-state index in [9.17, 15) is 14.9 Å². The van der Waals surface area contributed by atoms with Gasteiger partial charge < -0.3 is 0 Å². The molecule has 1 aromatic carbocycles. The summed E-state index contributed by atoms with van der Waals surface area (Å²) in [4.78, 5) is 21.9. The first-order valence-corrected chi connectivity index (χ1v) is 5.30. The number of rotatable bonds is 3. The number of hydrogen-bond donors (Lipinski definition) is 0. The maximum absolute atomic E-state index is 11.8. The predicted octanol–water partition coefficient (Wildman–Crippen LogP) is 2.16. The van der Waals surface area contributed by atoms with Crippen molar-refractivity contribution >= 4 is 27.3 Å². The minimum Gasteiger partial charge on any atom is -0.268 e. The van der Waals surface area contributed by atoms with Gasteiger partial charge in [0.1, 0.15) is 0 Å². The molecule has 0 amide bonds. The van der Waals surface area contributed by atoms with Crippen LogP contribution in [0.15, 0.2) is 35.6 Å². The molecule has 82 valence electrons. The molecule has 0 bridgehead atoms. The number of nitro groups is 1. The van der Waals surface area contributed by atoms with Gasteiger partial charge in [-0.15, -0.1) is 6.58 Å². The van der Waals surface area contributed by atoms with Crippen molar-refractivity contribution in [3.63, 3.8) is 0 Å². The Kier molecular flexibility index (Phi) is 2.57. The van der Waals surface area contributed by atoms with E-state index < -0.39 is 4.92 Å². The molecule has 6 heteroatoms. The summed E-state index contributed by atoms with van der Waals surface area (Å²) < 4.78 is 2.26. The Morgan fingerprint density at radius 3 is 2.94 bits per heavy atom. The van der Waals surface area contributed by atoms with E-state index in [1.807, 2.05) is 0 Å². The number of non-ortho nitro benzene ring substituents is 1. The van der Waals surface area contributed by atoms with E-state index in [2.05, 4.69) is 6.58 Å². The first kappa shape index (κ1) is 10.6. The third-order valence-corrected chi connectivity index (χ3v) is 3.22.